The van der Waals surface area contributed by atoms with Gasteiger partial charge in [0.2, 0.25) is 0 Å². The second-order valence-corrected chi connectivity index (χ2v) is 3.79. The number of alkyl halides is 3. The zero-order chi connectivity index (χ0) is 13.1. The third-order valence-corrected chi connectivity index (χ3v) is 2.21. The van der Waals surface area contributed by atoms with E-state index in [4.69, 9.17) is 0 Å². The molecule has 8 heteroatoms. The molecule has 1 aromatic rings. The van der Waals surface area contributed by atoms with Crippen LogP contribution < -0.4 is 5.48 Å². The summed E-state index contributed by atoms with van der Waals surface area (Å²) in [6.07, 6.45) is -4.57. The number of halogens is 5. The Hall–Kier alpha value is -1.15. The molecule has 0 unspecified atom stereocenters. The minimum absolute atomic E-state index is 0.0287. The van der Waals surface area contributed by atoms with Crippen molar-refractivity contribution in [1.82, 2.24) is 5.48 Å². The number of amides is 1. The highest BCUT2D eigenvalue weighted by Gasteiger charge is 2.28. The Labute approximate surface area is 102 Å². The number of benzene rings is 1. The molecule has 94 valence electrons. The van der Waals surface area contributed by atoms with Crippen LogP contribution in [-0.4, -0.2) is 18.7 Å². The van der Waals surface area contributed by atoms with Gasteiger partial charge in [-0.3, -0.25) is 9.63 Å². The fraction of sp³-hybridized carbons (Fsp3) is 0.222. The summed E-state index contributed by atoms with van der Waals surface area (Å²) in [6, 6.07) is 3.83. The maximum absolute atomic E-state index is 13.3. The van der Waals surface area contributed by atoms with Gasteiger partial charge in [0, 0.05) is 0 Å². The highest BCUT2D eigenvalue weighted by molar-refractivity contribution is 9.10. The maximum Gasteiger partial charge on any atom is 0.414 e. The van der Waals surface area contributed by atoms with Gasteiger partial charge in [-0.05, 0) is 28.1 Å². The van der Waals surface area contributed by atoms with E-state index in [2.05, 4.69) is 20.8 Å². The Morgan fingerprint density at radius 2 is 2.06 bits per heavy atom. The molecular formula is C9H6BrF4NO2. The van der Waals surface area contributed by atoms with E-state index in [0.29, 0.717) is 0 Å². The number of nitrogens with one attached hydrogen (secondary N) is 1. The van der Waals surface area contributed by atoms with Crippen LogP contribution in [0.5, 0.6) is 0 Å². The van der Waals surface area contributed by atoms with Crippen LogP contribution in [0.2, 0.25) is 0 Å². The second kappa shape index (κ2) is 5.46. The number of rotatable bonds is 3. The lowest BCUT2D eigenvalue weighted by molar-refractivity contribution is -0.184. The molecule has 1 N–H and O–H groups in total. The molecule has 3 nitrogen and oxygen atoms in total. The zero-order valence-electron chi connectivity index (χ0n) is 8.15. The van der Waals surface area contributed by atoms with E-state index in [0.717, 1.165) is 6.07 Å². The summed E-state index contributed by atoms with van der Waals surface area (Å²) >= 11 is 2.84. The average molecular weight is 316 g/mol. The molecule has 0 aliphatic rings. The summed E-state index contributed by atoms with van der Waals surface area (Å²) in [7, 11) is 0. The van der Waals surface area contributed by atoms with Gasteiger partial charge in [-0.25, -0.2) is 9.87 Å². The average Bonchev–Trinajstić information content (AvgIpc) is 2.20. The zero-order valence-corrected chi connectivity index (χ0v) is 9.73. The first-order chi connectivity index (χ1) is 7.81. The molecule has 1 rings (SSSR count). The first-order valence-electron chi connectivity index (χ1n) is 4.24. The third-order valence-electron chi connectivity index (χ3n) is 1.60. The van der Waals surface area contributed by atoms with Crippen LogP contribution >= 0.6 is 15.9 Å². The van der Waals surface area contributed by atoms with Crippen molar-refractivity contribution in [3.05, 3.63) is 34.1 Å². The van der Waals surface area contributed by atoms with Crippen LogP contribution in [0.3, 0.4) is 0 Å². The number of hydrogen-bond acceptors (Lipinski definition) is 2. The van der Waals surface area contributed by atoms with Gasteiger partial charge in [0.25, 0.3) is 5.91 Å². The van der Waals surface area contributed by atoms with E-state index in [1.807, 2.05) is 0 Å². The van der Waals surface area contributed by atoms with Gasteiger partial charge in [-0.15, -0.1) is 0 Å². The summed E-state index contributed by atoms with van der Waals surface area (Å²) in [5.74, 6) is -1.96. The number of carbonyl (C=O) groups excluding carboxylic acids is 1. The van der Waals surface area contributed by atoms with Crippen LogP contribution in [0.4, 0.5) is 17.6 Å². The van der Waals surface area contributed by atoms with Crippen LogP contribution in [0.1, 0.15) is 10.4 Å². The molecule has 1 aromatic carbocycles. The Kier molecular flexibility index (Phi) is 4.47. The molecule has 0 radical (unpaired) electrons. The standard InChI is InChI=1S/C9H6BrF4NO2/c10-6-3-1-2-5(7(6)11)8(16)15-17-4-9(12,13)14/h1-3H,4H2,(H,15,16). The highest BCUT2D eigenvalue weighted by atomic mass is 79.9. The number of hydrogen-bond donors (Lipinski definition) is 1. The molecule has 0 spiro atoms. The molecule has 0 aliphatic carbocycles. The summed E-state index contributed by atoms with van der Waals surface area (Å²) in [5.41, 5.74) is 1.09. The molecule has 0 fully saturated rings. The van der Waals surface area contributed by atoms with Crippen molar-refractivity contribution in [2.75, 3.05) is 6.61 Å². The van der Waals surface area contributed by atoms with Crippen molar-refractivity contribution in [3.8, 4) is 0 Å². The summed E-state index contributed by atoms with van der Waals surface area (Å²) < 4.78 is 48.4. The van der Waals surface area contributed by atoms with Crippen molar-refractivity contribution in [2.45, 2.75) is 6.18 Å². The largest absolute Gasteiger partial charge is 0.414 e. The smallest absolute Gasteiger partial charge is 0.267 e. The topological polar surface area (TPSA) is 38.3 Å². The van der Waals surface area contributed by atoms with E-state index < -0.39 is 30.1 Å². The van der Waals surface area contributed by atoms with Gasteiger partial charge >= 0.3 is 6.18 Å². The first kappa shape index (κ1) is 13.9. The van der Waals surface area contributed by atoms with Gasteiger partial charge < -0.3 is 0 Å². The van der Waals surface area contributed by atoms with Crippen LogP contribution in [0.15, 0.2) is 22.7 Å². The van der Waals surface area contributed by atoms with E-state index >= 15 is 0 Å². The lowest BCUT2D eigenvalue weighted by Crippen LogP contribution is -2.30. The van der Waals surface area contributed by atoms with Crippen molar-refractivity contribution in [2.24, 2.45) is 0 Å². The quantitative estimate of drug-likeness (QED) is 0.688. The van der Waals surface area contributed by atoms with Gasteiger partial charge in [-0.2, -0.15) is 13.2 Å². The van der Waals surface area contributed by atoms with Crippen molar-refractivity contribution < 1.29 is 27.2 Å². The fourth-order valence-electron chi connectivity index (χ4n) is 0.918. The van der Waals surface area contributed by atoms with Gasteiger partial charge in [-0.1, -0.05) is 6.07 Å². The molecule has 17 heavy (non-hydrogen) atoms. The molecule has 1 amide bonds. The van der Waals surface area contributed by atoms with Gasteiger partial charge in [0.15, 0.2) is 6.61 Å². The summed E-state index contributed by atoms with van der Waals surface area (Å²) in [5, 5.41) is 0. The Bertz CT molecular complexity index is 422. The predicted octanol–water partition coefficient (Wildman–Crippen LogP) is 2.81. The summed E-state index contributed by atoms with van der Waals surface area (Å²) in [6.45, 7) is -1.64. The maximum atomic E-state index is 13.3. The highest BCUT2D eigenvalue weighted by Crippen LogP contribution is 2.18. The van der Waals surface area contributed by atoms with E-state index in [1.54, 1.807) is 0 Å². The molecule has 0 bridgehead atoms. The number of carbonyl (C=O) groups is 1. The van der Waals surface area contributed by atoms with Gasteiger partial charge in [0.05, 0.1) is 10.0 Å². The van der Waals surface area contributed by atoms with Crippen molar-refractivity contribution >= 4 is 21.8 Å². The Morgan fingerprint density at radius 1 is 1.41 bits per heavy atom. The normalized spacial score (nSPS) is 11.4. The molecule has 0 saturated carbocycles. The molecule has 0 heterocycles. The van der Waals surface area contributed by atoms with Crippen molar-refractivity contribution in [1.29, 1.82) is 0 Å². The predicted molar refractivity (Wildman–Crippen MR) is 53.6 cm³/mol. The molecular weight excluding hydrogens is 310 g/mol. The van der Waals surface area contributed by atoms with Crippen LogP contribution in [-0.2, 0) is 4.84 Å². The lowest BCUT2D eigenvalue weighted by Gasteiger charge is -2.09. The minimum atomic E-state index is -4.57. The van der Waals surface area contributed by atoms with E-state index in [1.165, 1.54) is 17.6 Å². The van der Waals surface area contributed by atoms with E-state index in [9.17, 15) is 22.4 Å². The molecule has 0 aromatic heterocycles. The van der Waals surface area contributed by atoms with Crippen LogP contribution in [0.25, 0.3) is 0 Å². The first-order valence-corrected chi connectivity index (χ1v) is 5.03. The fourth-order valence-corrected chi connectivity index (χ4v) is 1.28. The SMILES string of the molecule is O=C(NOCC(F)(F)F)c1cccc(Br)c1F. The lowest BCUT2D eigenvalue weighted by atomic mass is 10.2. The summed E-state index contributed by atoms with van der Waals surface area (Å²) in [4.78, 5) is 15.1. The molecule has 0 atom stereocenters. The van der Waals surface area contributed by atoms with Gasteiger partial charge in [0.1, 0.15) is 5.82 Å². The Morgan fingerprint density at radius 3 is 2.65 bits per heavy atom. The number of hydroxylamine groups is 1. The molecule has 0 saturated heterocycles. The third kappa shape index (κ3) is 4.31. The van der Waals surface area contributed by atoms with E-state index in [-0.39, 0.29) is 4.47 Å². The minimum Gasteiger partial charge on any atom is -0.267 e. The van der Waals surface area contributed by atoms with Crippen LogP contribution in [0, 0.1) is 5.82 Å². The second-order valence-electron chi connectivity index (χ2n) is 2.94. The Balaban J connectivity index is 2.62. The van der Waals surface area contributed by atoms with Crippen molar-refractivity contribution in [3.63, 3.8) is 0 Å². The monoisotopic (exact) mass is 315 g/mol. The molecule has 0 aliphatic heterocycles.